The summed E-state index contributed by atoms with van der Waals surface area (Å²) in [4.78, 5) is 28.3. The van der Waals surface area contributed by atoms with E-state index in [1.165, 1.54) is 11.8 Å². The van der Waals surface area contributed by atoms with Crippen LogP contribution in [0.2, 0.25) is 0 Å². The first kappa shape index (κ1) is 18.1. The van der Waals surface area contributed by atoms with Crippen LogP contribution < -0.4 is 21.3 Å². The molecule has 0 unspecified atom stereocenters. The summed E-state index contributed by atoms with van der Waals surface area (Å²) in [5.41, 5.74) is 6.88. The van der Waals surface area contributed by atoms with E-state index < -0.39 is 17.0 Å². The number of ether oxygens (including phenoxy) is 1. The van der Waals surface area contributed by atoms with Crippen LogP contribution in [0.15, 0.2) is 53.3 Å². The van der Waals surface area contributed by atoms with Gasteiger partial charge in [-0.3, -0.25) is 9.59 Å². The maximum atomic E-state index is 12.7. The summed E-state index contributed by atoms with van der Waals surface area (Å²) < 4.78 is 6.78. The average Bonchev–Trinajstić information content (AvgIpc) is 2.71. The van der Waals surface area contributed by atoms with Gasteiger partial charge in [0, 0.05) is 16.8 Å². The molecule has 28 heavy (non-hydrogen) atoms. The maximum Gasteiger partial charge on any atom is 0.300 e. The zero-order valence-corrected chi connectivity index (χ0v) is 15.8. The van der Waals surface area contributed by atoms with E-state index in [0.29, 0.717) is 17.1 Å². The van der Waals surface area contributed by atoms with Gasteiger partial charge in [-0.25, -0.2) is 4.68 Å². The molecular formula is C19H17N5O3S. The lowest BCUT2D eigenvalue weighted by Crippen LogP contribution is -2.30. The lowest BCUT2D eigenvalue weighted by atomic mass is 10.1. The number of carbonyl (C=O) groups is 1. The summed E-state index contributed by atoms with van der Waals surface area (Å²) in [6.07, 6.45) is 0. The van der Waals surface area contributed by atoms with Gasteiger partial charge in [0.2, 0.25) is 5.91 Å². The van der Waals surface area contributed by atoms with E-state index in [1.54, 1.807) is 36.1 Å². The van der Waals surface area contributed by atoms with Crippen LogP contribution in [0.1, 0.15) is 5.50 Å². The highest BCUT2D eigenvalue weighted by Crippen LogP contribution is 2.38. The first-order valence-corrected chi connectivity index (χ1v) is 9.53. The Balaban J connectivity index is 1.84. The fourth-order valence-electron chi connectivity index (χ4n) is 2.95. The number of hydrogen-bond acceptors (Lipinski definition) is 7. The Morgan fingerprint density at radius 2 is 2.00 bits per heavy atom. The van der Waals surface area contributed by atoms with Gasteiger partial charge in [0.25, 0.3) is 5.56 Å². The Bertz CT molecular complexity index is 1100. The molecule has 3 aromatic rings. The van der Waals surface area contributed by atoms with Gasteiger partial charge < -0.3 is 15.8 Å². The van der Waals surface area contributed by atoms with E-state index in [2.05, 4.69) is 15.4 Å². The Hall–Kier alpha value is -3.33. The Labute approximate surface area is 164 Å². The fraction of sp³-hybridized carbons (Fsp3) is 0.158. The second-order valence-corrected chi connectivity index (χ2v) is 7.15. The number of nitrogens with zero attached hydrogens (tertiary/aromatic N) is 3. The van der Waals surface area contributed by atoms with Gasteiger partial charge in [-0.2, -0.15) is 10.1 Å². The Kier molecular flexibility index (Phi) is 4.74. The molecule has 1 aromatic heterocycles. The monoisotopic (exact) mass is 395 g/mol. The van der Waals surface area contributed by atoms with Crippen molar-refractivity contribution in [2.75, 3.05) is 18.2 Å². The number of thioether (sulfide) groups is 1. The molecule has 1 aliphatic rings. The average molecular weight is 395 g/mol. The molecule has 0 saturated carbocycles. The van der Waals surface area contributed by atoms with Crippen molar-refractivity contribution in [2.24, 2.45) is 5.73 Å². The van der Waals surface area contributed by atoms with Crippen LogP contribution in [0, 0.1) is 0 Å². The third-order valence-electron chi connectivity index (χ3n) is 4.25. The van der Waals surface area contributed by atoms with Crippen LogP contribution in [0.4, 0.5) is 5.69 Å². The zero-order valence-electron chi connectivity index (χ0n) is 15.0. The van der Waals surface area contributed by atoms with E-state index in [-0.39, 0.29) is 11.4 Å². The number of primary amides is 1. The molecule has 4 rings (SSSR count). The summed E-state index contributed by atoms with van der Waals surface area (Å²) in [5, 5.41) is 7.88. The van der Waals surface area contributed by atoms with Crippen molar-refractivity contribution in [2.45, 2.75) is 5.50 Å². The van der Waals surface area contributed by atoms with Crippen molar-refractivity contribution >= 4 is 23.4 Å². The SMILES string of the molecule is COc1ccc(-c2nn3c(nc2=O)-c2ccccc2N[C@H]3SCC(N)=O)cc1. The molecule has 1 amide bonds. The first-order chi connectivity index (χ1) is 13.6. The fourth-order valence-corrected chi connectivity index (χ4v) is 3.77. The number of benzene rings is 2. The number of hydrogen-bond donors (Lipinski definition) is 2. The lowest BCUT2D eigenvalue weighted by Gasteiger charge is -2.29. The normalized spacial score (nSPS) is 14.5. The smallest absolute Gasteiger partial charge is 0.300 e. The molecule has 142 valence electrons. The molecule has 2 aromatic carbocycles. The summed E-state index contributed by atoms with van der Waals surface area (Å²) in [6.45, 7) is 0. The van der Waals surface area contributed by atoms with Crippen LogP contribution in [0.25, 0.3) is 22.6 Å². The predicted octanol–water partition coefficient (Wildman–Crippen LogP) is 2.08. The van der Waals surface area contributed by atoms with Crippen molar-refractivity contribution in [3.63, 3.8) is 0 Å². The number of nitrogens with one attached hydrogen (secondary N) is 1. The number of anilines is 1. The van der Waals surface area contributed by atoms with Crippen molar-refractivity contribution in [3.05, 3.63) is 58.9 Å². The molecule has 1 atom stereocenters. The van der Waals surface area contributed by atoms with Crippen LogP contribution in [-0.2, 0) is 4.79 Å². The van der Waals surface area contributed by atoms with E-state index in [4.69, 9.17) is 10.5 Å². The van der Waals surface area contributed by atoms with Crippen LogP contribution >= 0.6 is 11.8 Å². The van der Waals surface area contributed by atoms with Crippen molar-refractivity contribution in [1.82, 2.24) is 14.8 Å². The van der Waals surface area contributed by atoms with Crippen LogP contribution in [0.3, 0.4) is 0 Å². The quantitative estimate of drug-likeness (QED) is 0.680. The molecule has 0 fully saturated rings. The van der Waals surface area contributed by atoms with Gasteiger partial charge in [-0.15, -0.1) is 11.8 Å². The minimum Gasteiger partial charge on any atom is -0.497 e. The summed E-state index contributed by atoms with van der Waals surface area (Å²) in [7, 11) is 1.58. The topological polar surface area (TPSA) is 112 Å². The summed E-state index contributed by atoms with van der Waals surface area (Å²) in [5.74, 6) is 0.792. The molecule has 2 heterocycles. The first-order valence-electron chi connectivity index (χ1n) is 8.48. The van der Waals surface area contributed by atoms with Crippen molar-refractivity contribution < 1.29 is 9.53 Å². The molecular weight excluding hydrogens is 378 g/mol. The Morgan fingerprint density at radius 3 is 2.71 bits per heavy atom. The van der Waals surface area contributed by atoms with E-state index in [9.17, 15) is 9.59 Å². The van der Waals surface area contributed by atoms with Crippen LogP contribution in [-0.4, -0.2) is 33.5 Å². The zero-order chi connectivity index (χ0) is 19.7. The molecule has 3 N–H and O–H groups in total. The van der Waals surface area contributed by atoms with E-state index in [1.807, 2.05) is 24.3 Å². The number of nitrogens with two attached hydrogens (primary N) is 1. The van der Waals surface area contributed by atoms with Crippen molar-refractivity contribution in [3.8, 4) is 28.4 Å². The standard InChI is InChI=1S/C19H17N5O3S/c1-27-12-8-6-11(7-9-12)16-18(26)22-17-13-4-2-3-5-14(13)21-19(24(17)23-16)28-10-15(20)25/h2-9,19,21H,10H2,1H3,(H2,20,25)/t19-/m1/s1. The number of methoxy groups -OCH3 is 1. The number of amides is 1. The van der Waals surface area contributed by atoms with Gasteiger partial charge in [0.15, 0.2) is 17.0 Å². The lowest BCUT2D eigenvalue weighted by molar-refractivity contribution is -0.115. The third-order valence-corrected chi connectivity index (χ3v) is 5.34. The third kappa shape index (κ3) is 3.31. The highest BCUT2D eigenvalue weighted by atomic mass is 32.2. The number of carbonyl (C=O) groups excluding carboxylic acids is 1. The largest absolute Gasteiger partial charge is 0.497 e. The van der Waals surface area contributed by atoms with Gasteiger partial charge >= 0.3 is 0 Å². The number of para-hydroxylation sites is 1. The van der Waals surface area contributed by atoms with Gasteiger partial charge in [0.05, 0.1) is 12.9 Å². The molecule has 0 aliphatic carbocycles. The highest BCUT2D eigenvalue weighted by Gasteiger charge is 2.27. The van der Waals surface area contributed by atoms with E-state index >= 15 is 0 Å². The second-order valence-electron chi connectivity index (χ2n) is 6.08. The number of aromatic nitrogens is 3. The van der Waals surface area contributed by atoms with Crippen LogP contribution in [0.5, 0.6) is 5.75 Å². The van der Waals surface area contributed by atoms with Gasteiger partial charge in [-0.1, -0.05) is 12.1 Å². The minimum atomic E-state index is -0.434. The van der Waals surface area contributed by atoms with Gasteiger partial charge in [0.1, 0.15) is 5.75 Å². The molecule has 0 spiro atoms. The molecule has 8 nitrogen and oxygen atoms in total. The second kappa shape index (κ2) is 7.35. The molecule has 0 bridgehead atoms. The molecule has 1 aliphatic heterocycles. The summed E-state index contributed by atoms with van der Waals surface area (Å²) in [6, 6.07) is 14.5. The van der Waals surface area contributed by atoms with E-state index in [0.717, 1.165) is 11.3 Å². The Morgan fingerprint density at radius 1 is 1.25 bits per heavy atom. The number of rotatable bonds is 5. The molecule has 9 heteroatoms. The number of fused-ring (bicyclic) bond motifs is 3. The van der Waals surface area contributed by atoms with Gasteiger partial charge in [-0.05, 0) is 36.4 Å². The maximum absolute atomic E-state index is 12.7. The molecule has 0 saturated heterocycles. The molecule has 0 radical (unpaired) electrons. The minimum absolute atomic E-state index is 0.102. The predicted molar refractivity (Wildman–Crippen MR) is 108 cm³/mol. The summed E-state index contributed by atoms with van der Waals surface area (Å²) >= 11 is 1.28. The highest BCUT2D eigenvalue weighted by molar-refractivity contribution is 8.00. The van der Waals surface area contributed by atoms with Crippen molar-refractivity contribution in [1.29, 1.82) is 0 Å².